The van der Waals surface area contributed by atoms with Crippen LogP contribution in [0.1, 0.15) is 33.6 Å². The molecule has 16 heavy (non-hydrogen) atoms. The highest BCUT2D eigenvalue weighted by Gasteiger charge is 2.19. The Balaban J connectivity index is 2.38. The van der Waals surface area contributed by atoms with E-state index in [0.717, 1.165) is 6.54 Å². The van der Waals surface area contributed by atoms with Crippen molar-refractivity contribution in [2.75, 3.05) is 39.8 Å². The Bertz CT molecular complexity index is 182. The summed E-state index contributed by atoms with van der Waals surface area (Å²) in [5.41, 5.74) is 0. The van der Waals surface area contributed by atoms with Crippen molar-refractivity contribution < 1.29 is 0 Å². The van der Waals surface area contributed by atoms with Gasteiger partial charge >= 0.3 is 0 Å². The average molecular weight is 227 g/mol. The minimum absolute atomic E-state index is 0.601. The number of nitrogens with one attached hydrogen (secondary N) is 1. The summed E-state index contributed by atoms with van der Waals surface area (Å²) in [5.74, 6) is 0. The lowest BCUT2D eigenvalue weighted by molar-refractivity contribution is 0.190. The summed E-state index contributed by atoms with van der Waals surface area (Å²) in [4.78, 5) is 5.11. The van der Waals surface area contributed by atoms with Crippen LogP contribution in [0.2, 0.25) is 0 Å². The summed E-state index contributed by atoms with van der Waals surface area (Å²) >= 11 is 0. The molecule has 0 aromatic carbocycles. The van der Waals surface area contributed by atoms with Crippen LogP contribution in [0.4, 0.5) is 0 Å². The molecule has 1 fully saturated rings. The van der Waals surface area contributed by atoms with Crippen molar-refractivity contribution in [1.29, 1.82) is 0 Å². The molecule has 0 aromatic heterocycles. The normalized spacial score (nSPS) is 22.3. The zero-order chi connectivity index (χ0) is 12.0. The molecule has 0 bridgehead atoms. The van der Waals surface area contributed by atoms with Gasteiger partial charge in [-0.15, -0.1) is 0 Å². The predicted molar refractivity (Wildman–Crippen MR) is 70.9 cm³/mol. The second-order valence-electron chi connectivity index (χ2n) is 5.32. The molecule has 0 radical (unpaired) electrons. The molecule has 0 amide bonds. The van der Waals surface area contributed by atoms with Gasteiger partial charge in [0.25, 0.3) is 0 Å². The summed E-state index contributed by atoms with van der Waals surface area (Å²) in [6.45, 7) is 12.9. The standard InChI is InChI=1S/C13H29N3/c1-5-13(11-14-12(2)3)16-8-6-7-15(4)9-10-16/h12-14H,5-11H2,1-4H3. The van der Waals surface area contributed by atoms with E-state index in [-0.39, 0.29) is 0 Å². The molecular formula is C13H29N3. The molecule has 0 saturated carbocycles. The maximum absolute atomic E-state index is 3.57. The van der Waals surface area contributed by atoms with E-state index in [4.69, 9.17) is 0 Å². The van der Waals surface area contributed by atoms with Crippen LogP contribution in [-0.4, -0.2) is 61.7 Å². The van der Waals surface area contributed by atoms with Crippen LogP contribution in [-0.2, 0) is 0 Å². The monoisotopic (exact) mass is 227 g/mol. The van der Waals surface area contributed by atoms with Gasteiger partial charge in [-0.1, -0.05) is 20.8 Å². The van der Waals surface area contributed by atoms with Gasteiger partial charge in [-0.3, -0.25) is 4.90 Å². The first-order valence-electron chi connectivity index (χ1n) is 6.79. The molecule has 1 heterocycles. The van der Waals surface area contributed by atoms with Gasteiger partial charge in [0.1, 0.15) is 0 Å². The second kappa shape index (κ2) is 7.25. The SMILES string of the molecule is CCC(CNC(C)C)N1CCCN(C)CC1. The van der Waals surface area contributed by atoms with Gasteiger partial charge in [0.15, 0.2) is 0 Å². The Morgan fingerprint density at radius 3 is 2.50 bits per heavy atom. The summed E-state index contributed by atoms with van der Waals surface area (Å²) in [7, 11) is 2.23. The Labute approximate surface area is 101 Å². The molecule has 0 aromatic rings. The highest BCUT2D eigenvalue weighted by Crippen LogP contribution is 2.08. The Kier molecular flexibility index (Phi) is 6.32. The van der Waals surface area contributed by atoms with Gasteiger partial charge in [-0.25, -0.2) is 0 Å². The third-order valence-corrected chi connectivity index (χ3v) is 3.50. The summed E-state index contributed by atoms with van der Waals surface area (Å²) in [5, 5.41) is 3.57. The van der Waals surface area contributed by atoms with Gasteiger partial charge in [-0.2, -0.15) is 0 Å². The van der Waals surface area contributed by atoms with Crippen LogP contribution in [0.3, 0.4) is 0 Å². The maximum Gasteiger partial charge on any atom is 0.0218 e. The highest BCUT2D eigenvalue weighted by atomic mass is 15.2. The van der Waals surface area contributed by atoms with E-state index in [1.54, 1.807) is 0 Å². The van der Waals surface area contributed by atoms with Crippen LogP contribution < -0.4 is 5.32 Å². The summed E-state index contributed by atoms with van der Waals surface area (Å²) < 4.78 is 0. The first kappa shape index (κ1) is 13.9. The molecule has 1 saturated heterocycles. The molecular weight excluding hydrogens is 198 g/mol. The van der Waals surface area contributed by atoms with Crippen LogP contribution in [0.5, 0.6) is 0 Å². The zero-order valence-corrected chi connectivity index (χ0v) is 11.5. The van der Waals surface area contributed by atoms with E-state index in [1.807, 2.05) is 0 Å². The number of likely N-dealkylation sites (N-methyl/N-ethyl adjacent to an activating group) is 1. The molecule has 96 valence electrons. The fourth-order valence-electron chi connectivity index (χ4n) is 2.34. The number of hydrogen-bond donors (Lipinski definition) is 1. The molecule has 1 aliphatic heterocycles. The molecule has 0 aliphatic carbocycles. The van der Waals surface area contributed by atoms with Gasteiger partial charge < -0.3 is 10.2 Å². The Hall–Kier alpha value is -0.120. The van der Waals surface area contributed by atoms with Gasteiger partial charge in [0, 0.05) is 31.7 Å². The molecule has 1 aliphatic rings. The molecule has 0 spiro atoms. The number of nitrogens with zero attached hydrogens (tertiary/aromatic N) is 2. The van der Waals surface area contributed by atoms with E-state index in [2.05, 4.69) is 42.9 Å². The lowest BCUT2D eigenvalue weighted by Crippen LogP contribution is -2.45. The molecule has 1 rings (SSSR count). The largest absolute Gasteiger partial charge is 0.313 e. The smallest absolute Gasteiger partial charge is 0.0218 e. The van der Waals surface area contributed by atoms with E-state index in [9.17, 15) is 0 Å². The average Bonchev–Trinajstić information content (AvgIpc) is 2.44. The van der Waals surface area contributed by atoms with Crippen molar-refractivity contribution in [2.24, 2.45) is 0 Å². The van der Waals surface area contributed by atoms with E-state index >= 15 is 0 Å². The van der Waals surface area contributed by atoms with Gasteiger partial charge in [0.2, 0.25) is 0 Å². The third-order valence-electron chi connectivity index (χ3n) is 3.50. The fourth-order valence-corrected chi connectivity index (χ4v) is 2.34. The Morgan fingerprint density at radius 2 is 1.88 bits per heavy atom. The van der Waals surface area contributed by atoms with Gasteiger partial charge in [-0.05, 0) is 33.0 Å². The topological polar surface area (TPSA) is 18.5 Å². The van der Waals surface area contributed by atoms with Crippen molar-refractivity contribution >= 4 is 0 Å². The lowest BCUT2D eigenvalue weighted by atomic mass is 10.1. The maximum atomic E-state index is 3.57. The van der Waals surface area contributed by atoms with Crippen molar-refractivity contribution in [1.82, 2.24) is 15.1 Å². The highest BCUT2D eigenvalue weighted by molar-refractivity contribution is 4.77. The van der Waals surface area contributed by atoms with E-state index in [1.165, 1.54) is 39.0 Å². The minimum Gasteiger partial charge on any atom is -0.313 e. The minimum atomic E-state index is 0.601. The van der Waals surface area contributed by atoms with Gasteiger partial charge in [0.05, 0.1) is 0 Å². The Morgan fingerprint density at radius 1 is 1.12 bits per heavy atom. The van der Waals surface area contributed by atoms with Crippen molar-refractivity contribution in [3.63, 3.8) is 0 Å². The first-order chi connectivity index (χ1) is 7.63. The van der Waals surface area contributed by atoms with Crippen LogP contribution >= 0.6 is 0 Å². The number of hydrogen-bond acceptors (Lipinski definition) is 3. The molecule has 1 unspecified atom stereocenters. The van der Waals surface area contributed by atoms with Crippen molar-refractivity contribution in [2.45, 2.75) is 45.7 Å². The molecule has 3 heteroatoms. The quantitative estimate of drug-likeness (QED) is 0.766. The fraction of sp³-hybridized carbons (Fsp3) is 1.00. The second-order valence-corrected chi connectivity index (χ2v) is 5.32. The first-order valence-corrected chi connectivity index (χ1v) is 6.79. The molecule has 3 nitrogen and oxygen atoms in total. The summed E-state index contributed by atoms with van der Waals surface area (Å²) in [6.07, 6.45) is 2.57. The van der Waals surface area contributed by atoms with Crippen molar-refractivity contribution in [3.05, 3.63) is 0 Å². The number of rotatable bonds is 5. The molecule has 1 atom stereocenters. The van der Waals surface area contributed by atoms with Crippen LogP contribution in [0, 0.1) is 0 Å². The zero-order valence-electron chi connectivity index (χ0n) is 11.5. The predicted octanol–water partition coefficient (Wildman–Crippen LogP) is 1.40. The van der Waals surface area contributed by atoms with Crippen molar-refractivity contribution in [3.8, 4) is 0 Å². The third kappa shape index (κ3) is 4.81. The van der Waals surface area contributed by atoms with E-state index in [0.29, 0.717) is 12.1 Å². The summed E-state index contributed by atoms with van der Waals surface area (Å²) in [6, 6.07) is 1.32. The lowest BCUT2D eigenvalue weighted by Gasteiger charge is -2.30. The van der Waals surface area contributed by atoms with Crippen LogP contribution in [0.25, 0.3) is 0 Å². The molecule has 1 N–H and O–H groups in total. The van der Waals surface area contributed by atoms with Crippen LogP contribution in [0.15, 0.2) is 0 Å². The van der Waals surface area contributed by atoms with E-state index < -0.39 is 0 Å².